The molecular formula is C12H14N2O6. The van der Waals surface area contributed by atoms with E-state index in [4.69, 9.17) is 9.84 Å². The first-order chi connectivity index (χ1) is 9.36. The van der Waals surface area contributed by atoms with Crippen LogP contribution in [0.25, 0.3) is 0 Å². The molecule has 1 aromatic rings. The van der Waals surface area contributed by atoms with E-state index in [1.165, 1.54) is 19.1 Å². The molecule has 8 heteroatoms. The van der Waals surface area contributed by atoms with Gasteiger partial charge in [0.2, 0.25) is 0 Å². The van der Waals surface area contributed by atoms with Gasteiger partial charge >= 0.3 is 11.7 Å². The fraction of sp³-hybridized carbons (Fsp3) is 0.333. The Labute approximate surface area is 114 Å². The molecule has 0 aliphatic heterocycles. The molecule has 8 nitrogen and oxygen atoms in total. The number of nitro benzene ring substituents is 1. The standard InChI is InChI=1S/C12H14N2O6/c1-3-20-10-5-4-8(6-9(10)14(18)19)11(15)13-7(2)12(16)17/h4-7H,3H2,1-2H3,(H,13,15)(H,16,17)/t7-/m0/s1. The summed E-state index contributed by atoms with van der Waals surface area (Å²) in [6, 6.07) is 2.60. The van der Waals surface area contributed by atoms with Crippen molar-refractivity contribution in [1.82, 2.24) is 5.32 Å². The molecular weight excluding hydrogens is 268 g/mol. The number of ether oxygens (including phenoxy) is 1. The Hall–Kier alpha value is -2.64. The normalized spacial score (nSPS) is 11.5. The Morgan fingerprint density at radius 3 is 2.65 bits per heavy atom. The van der Waals surface area contributed by atoms with Crippen LogP contribution < -0.4 is 10.1 Å². The van der Waals surface area contributed by atoms with E-state index < -0.39 is 22.8 Å². The summed E-state index contributed by atoms with van der Waals surface area (Å²) in [6.45, 7) is 3.23. The minimum Gasteiger partial charge on any atom is -0.487 e. The molecule has 1 atom stereocenters. The summed E-state index contributed by atoms with van der Waals surface area (Å²) in [5, 5.41) is 21.8. The van der Waals surface area contributed by atoms with E-state index in [9.17, 15) is 19.7 Å². The Morgan fingerprint density at radius 2 is 2.15 bits per heavy atom. The Balaban J connectivity index is 3.02. The van der Waals surface area contributed by atoms with Crippen LogP contribution >= 0.6 is 0 Å². The molecule has 0 saturated heterocycles. The lowest BCUT2D eigenvalue weighted by atomic mass is 10.1. The average molecular weight is 282 g/mol. The first kappa shape index (κ1) is 15.4. The van der Waals surface area contributed by atoms with Crippen molar-refractivity contribution in [2.75, 3.05) is 6.61 Å². The minimum absolute atomic E-state index is 0.00625. The van der Waals surface area contributed by atoms with Gasteiger partial charge in [-0.15, -0.1) is 0 Å². The van der Waals surface area contributed by atoms with E-state index in [-0.39, 0.29) is 23.6 Å². The highest BCUT2D eigenvalue weighted by Crippen LogP contribution is 2.27. The van der Waals surface area contributed by atoms with Crippen LogP contribution in [0, 0.1) is 10.1 Å². The molecule has 2 N–H and O–H groups in total. The van der Waals surface area contributed by atoms with E-state index in [1.807, 2.05) is 0 Å². The molecule has 0 spiro atoms. The Bertz CT molecular complexity index is 543. The number of carbonyl (C=O) groups is 2. The average Bonchev–Trinajstić information content (AvgIpc) is 2.38. The molecule has 0 bridgehead atoms. The number of aliphatic carboxylic acids is 1. The minimum atomic E-state index is -1.20. The van der Waals surface area contributed by atoms with Gasteiger partial charge in [0.25, 0.3) is 5.91 Å². The first-order valence-electron chi connectivity index (χ1n) is 5.81. The van der Waals surface area contributed by atoms with Crippen LogP contribution in [0.15, 0.2) is 18.2 Å². The van der Waals surface area contributed by atoms with Crippen LogP contribution in [0.3, 0.4) is 0 Å². The van der Waals surface area contributed by atoms with Gasteiger partial charge < -0.3 is 15.2 Å². The molecule has 1 aromatic carbocycles. The van der Waals surface area contributed by atoms with Crippen molar-refractivity contribution in [2.45, 2.75) is 19.9 Å². The van der Waals surface area contributed by atoms with Crippen molar-refractivity contribution in [3.63, 3.8) is 0 Å². The molecule has 20 heavy (non-hydrogen) atoms. The molecule has 1 amide bonds. The van der Waals surface area contributed by atoms with Crippen molar-refractivity contribution >= 4 is 17.6 Å². The number of amides is 1. The zero-order chi connectivity index (χ0) is 15.3. The van der Waals surface area contributed by atoms with Crippen LogP contribution in [0.5, 0.6) is 5.75 Å². The van der Waals surface area contributed by atoms with Gasteiger partial charge in [-0.25, -0.2) is 0 Å². The number of nitrogens with one attached hydrogen (secondary N) is 1. The van der Waals surface area contributed by atoms with Gasteiger partial charge in [0.05, 0.1) is 11.5 Å². The summed E-state index contributed by atoms with van der Waals surface area (Å²) in [5.74, 6) is -1.84. The predicted molar refractivity (Wildman–Crippen MR) is 68.8 cm³/mol. The van der Waals surface area contributed by atoms with Gasteiger partial charge in [0.15, 0.2) is 5.75 Å². The number of carboxylic acid groups (broad SMARTS) is 1. The maximum Gasteiger partial charge on any atom is 0.325 e. The molecule has 0 heterocycles. The summed E-state index contributed by atoms with van der Waals surface area (Å²) in [7, 11) is 0. The molecule has 0 radical (unpaired) electrons. The van der Waals surface area contributed by atoms with E-state index in [1.54, 1.807) is 6.92 Å². The van der Waals surface area contributed by atoms with Crippen molar-refractivity contribution < 1.29 is 24.4 Å². The van der Waals surface area contributed by atoms with Crippen LogP contribution in [0.1, 0.15) is 24.2 Å². The number of nitrogens with zero attached hydrogens (tertiary/aromatic N) is 1. The number of hydrogen-bond acceptors (Lipinski definition) is 5. The molecule has 1 rings (SSSR count). The molecule has 108 valence electrons. The third-order valence-electron chi connectivity index (χ3n) is 2.44. The van der Waals surface area contributed by atoms with Crippen LogP contribution in [-0.2, 0) is 4.79 Å². The summed E-state index contributed by atoms with van der Waals surface area (Å²) in [6.07, 6.45) is 0. The number of hydrogen-bond donors (Lipinski definition) is 2. The highest BCUT2D eigenvalue weighted by Gasteiger charge is 2.20. The molecule has 0 saturated carbocycles. The topological polar surface area (TPSA) is 119 Å². The second kappa shape index (κ2) is 6.50. The largest absolute Gasteiger partial charge is 0.487 e. The van der Waals surface area contributed by atoms with Crippen LogP contribution in [0.2, 0.25) is 0 Å². The smallest absolute Gasteiger partial charge is 0.325 e. The third-order valence-corrected chi connectivity index (χ3v) is 2.44. The van der Waals surface area contributed by atoms with Gasteiger partial charge in [-0.1, -0.05) is 0 Å². The molecule has 0 aliphatic carbocycles. The number of rotatable bonds is 6. The molecule has 0 aliphatic rings. The number of carbonyl (C=O) groups excluding carboxylic acids is 1. The van der Waals surface area contributed by atoms with Crippen molar-refractivity contribution in [3.8, 4) is 5.75 Å². The van der Waals surface area contributed by atoms with E-state index in [0.717, 1.165) is 6.07 Å². The second-order valence-electron chi connectivity index (χ2n) is 3.91. The fourth-order valence-electron chi connectivity index (χ4n) is 1.42. The van der Waals surface area contributed by atoms with E-state index >= 15 is 0 Å². The lowest BCUT2D eigenvalue weighted by Gasteiger charge is -2.10. The summed E-state index contributed by atoms with van der Waals surface area (Å²) in [4.78, 5) is 32.6. The SMILES string of the molecule is CCOc1ccc(C(=O)N[C@@H](C)C(=O)O)cc1[N+](=O)[O-]. The third kappa shape index (κ3) is 3.67. The van der Waals surface area contributed by atoms with E-state index in [2.05, 4.69) is 5.32 Å². The lowest BCUT2D eigenvalue weighted by Crippen LogP contribution is -2.38. The zero-order valence-electron chi connectivity index (χ0n) is 11.0. The highest BCUT2D eigenvalue weighted by atomic mass is 16.6. The quantitative estimate of drug-likeness (QED) is 0.597. The number of nitro groups is 1. The fourth-order valence-corrected chi connectivity index (χ4v) is 1.42. The summed E-state index contributed by atoms with van der Waals surface area (Å²) >= 11 is 0. The van der Waals surface area contributed by atoms with Crippen molar-refractivity contribution in [2.24, 2.45) is 0 Å². The molecule has 0 aromatic heterocycles. The summed E-state index contributed by atoms with van der Waals surface area (Å²) < 4.78 is 5.08. The maximum atomic E-state index is 11.8. The Morgan fingerprint density at radius 1 is 1.50 bits per heavy atom. The van der Waals surface area contributed by atoms with Gasteiger partial charge in [0.1, 0.15) is 6.04 Å². The van der Waals surface area contributed by atoms with Gasteiger partial charge in [-0.3, -0.25) is 19.7 Å². The number of carboxylic acids is 1. The van der Waals surface area contributed by atoms with Gasteiger partial charge in [-0.05, 0) is 26.0 Å². The molecule has 0 unspecified atom stereocenters. The van der Waals surface area contributed by atoms with E-state index in [0.29, 0.717) is 0 Å². The lowest BCUT2D eigenvalue weighted by molar-refractivity contribution is -0.385. The number of benzene rings is 1. The summed E-state index contributed by atoms with van der Waals surface area (Å²) in [5.41, 5.74) is -0.351. The molecule has 0 fully saturated rings. The monoisotopic (exact) mass is 282 g/mol. The van der Waals surface area contributed by atoms with Crippen LogP contribution in [0.4, 0.5) is 5.69 Å². The van der Waals surface area contributed by atoms with Crippen molar-refractivity contribution in [3.05, 3.63) is 33.9 Å². The second-order valence-corrected chi connectivity index (χ2v) is 3.91. The van der Waals surface area contributed by atoms with Gasteiger partial charge in [-0.2, -0.15) is 0 Å². The predicted octanol–water partition coefficient (Wildman–Crippen LogP) is 1.20. The van der Waals surface area contributed by atoms with Gasteiger partial charge in [0, 0.05) is 11.6 Å². The highest BCUT2D eigenvalue weighted by molar-refractivity contribution is 5.97. The maximum absolute atomic E-state index is 11.8. The first-order valence-corrected chi connectivity index (χ1v) is 5.81. The van der Waals surface area contributed by atoms with Crippen molar-refractivity contribution in [1.29, 1.82) is 0 Å². The zero-order valence-corrected chi connectivity index (χ0v) is 11.0. The van der Waals surface area contributed by atoms with Crippen LogP contribution in [-0.4, -0.2) is 34.6 Å². The Kier molecular flexibility index (Phi) is 5.01.